The zero-order chi connectivity index (χ0) is 15.0. The number of nitrogens with two attached hydrogens (primary N) is 1. The van der Waals surface area contributed by atoms with Gasteiger partial charge in [-0.05, 0) is 12.1 Å². The summed E-state index contributed by atoms with van der Waals surface area (Å²) in [5.74, 6) is -0.169. The highest BCUT2D eigenvalue weighted by molar-refractivity contribution is 5.88. The molecular formula is C15H13FN4O. The maximum Gasteiger partial charge on any atom is 0.240 e. The zero-order valence-electron chi connectivity index (χ0n) is 11.2. The molecule has 0 bridgehead atoms. The average molecular weight is 284 g/mol. The van der Waals surface area contributed by atoms with Crippen molar-refractivity contribution in [3.05, 3.63) is 35.9 Å². The van der Waals surface area contributed by atoms with E-state index in [0.717, 1.165) is 5.39 Å². The van der Waals surface area contributed by atoms with E-state index in [1.165, 1.54) is 0 Å². The summed E-state index contributed by atoms with van der Waals surface area (Å²) >= 11 is 0. The van der Waals surface area contributed by atoms with E-state index >= 15 is 0 Å². The van der Waals surface area contributed by atoms with E-state index in [9.17, 15) is 14.4 Å². The molecule has 2 atom stereocenters. The third-order valence-electron chi connectivity index (χ3n) is 3.70. The second kappa shape index (κ2) is 5.02. The van der Waals surface area contributed by atoms with Crippen LogP contribution in [0, 0.1) is 11.3 Å². The molecule has 1 aliphatic heterocycles. The fraction of sp³-hybridized carbons (Fsp3) is 0.267. The van der Waals surface area contributed by atoms with Crippen molar-refractivity contribution in [1.29, 1.82) is 5.26 Å². The molecular weight excluding hydrogens is 271 g/mol. The number of alkyl halides is 1. The number of anilines is 1. The van der Waals surface area contributed by atoms with Gasteiger partial charge >= 0.3 is 0 Å². The van der Waals surface area contributed by atoms with E-state index in [1.807, 2.05) is 12.1 Å². The third kappa shape index (κ3) is 2.27. The molecule has 0 unspecified atom stereocenters. The normalized spacial score (nSPS) is 21.4. The van der Waals surface area contributed by atoms with Crippen molar-refractivity contribution in [3.63, 3.8) is 0 Å². The van der Waals surface area contributed by atoms with Crippen LogP contribution in [0.25, 0.3) is 10.9 Å². The molecule has 1 aromatic carbocycles. The predicted octanol–water partition coefficient (Wildman–Crippen LogP) is 1.51. The third-order valence-corrected chi connectivity index (χ3v) is 3.70. The monoisotopic (exact) mass is 284 g/mol. The first-order valence-electron chi connectivity index (χ1n) is 6.60. The number of amides is 1. The van der Waals surface area contributed by atoms with Crippen LogP contribution in [0.5, 0.6) is 0 Å². The Hall–Kier alpha value is -2.68. The molecule has 2 aromatic rings. The van der Waals surface area contributed by atoms with Crippen molar-refractivity contribution >= 4 is 22.6 Å². The van der Waals surface area contributed by atoms with Crippen LogP contribution in [0.1, 0.15) is 12.0 Å². The molecule has 1 amide bonds. The zero-order valence-corrected chi connectivity index (χ0v) is 11.2. The van der Waals surface area contributed by atoms with Crippen LogP contribution in [-0.2, 0) is 4.79 Å². The molecule has 21 heavy (non-hydrogen) atoms. The Bertz CT molecular complexity index is 755. The van der Waals surface area contributed by atoms with Crippen molar-refractivity contribution in [3.8, 4) is 6.07 Å². The van der Waals surface area contributed by atoms with Gasteiger partial charge in [0.15, 0.2) is 0 Å². The van der Waals surface area contributed by atoms with Crippen LogP contribution in [0.15, 0.2) is 30.3 Å². The number of hydrogen-bond acceptors (Lipinski definition) is 4. The Balaban J connectivity index is 2.12. The summed E-state index contributed by atoms with van der Waals surface area (Å²) in [4.78, 5) is 17.4. The number of carbonyl (C=O) groups excluding carboxylic acids is 1. The number of fused-ring (bicyclic) bond motifs is 1. The minimum atomic E-state index is -1.12. The molecule has 1 aromatic heterocycles. The number of carbonyl (C=O) groups is 1. The second-order valence-corrected chi connectivity index (χ2v) is 5.06. The Morgan fingerprint density at radius 3 is 2.95 bits per heavy atom. The van der Waals surface area contributed by atoms with Crippen LogP contribution in [-0.4, -0.2) is 29.6 Å². The molecule has 106 valence electrons. The first kappa shape index (κ1) is 13.3. The molecule has 6 heteroatoms. The Kier molecular flexibility index (Phi) is 3.18. The predicted molar refractivity (Wildman–Crippen MR) is 76.3 cm³/mol. The van der Waals surface area contributed by atoms with E-state index in [-0.39, 0.29) is 13.0 Å². The van der Waals surface area contributed by atoms with Crippen molar-refractivity contribution in [2.75, 3.05) is 11.4 Å². The molecule has 3 rings (SSSR count). The van der Waals surface area contributed by atoms with E-state index < -0.39 is 18.1 Å². The number of para-hydroxylation sites is 1. The van der Waals surface area contributed by atoms with Gasteiger partial charge < -0.3 is 10.6 Å². The average Bonchev–Trinajstić information content (AvgIpc) is 2.88. The Labute approximate surface area is 120 Å². The topological polar surface area (TPSA) is 83.0 Å². The lowest BCUT2D eigenvalue weighted by molar-refractivity contribution is -0.119. The fourth-order valence-corrected chi connectivity index (χ4v) is 2.71. The summed E-state index contributed by atoms with van der Waals surface area (Å²) in [7, 11) is 0. The van der Waals surface area contributed by atoms with E-state index in [4.69, 9.17) is 5.73 Å². The molecule has 5 nitrogen and oxygen atoms in total. The largest absolute Gasteiger partial charge is 0.368 e. The van der Waals surface area contributed by atoms with E-state index in [0.29, 0.717) is 16.9 Å². The highest BCUT2D eigenvalue weighted by Crippen LogP contribution is 2.29. The number of benzene rings is 1. The van der Waals surface area contributed by atoms with Gasteiger partial charge in [-0.2, -0.15) is 5.26 Å². The van der Waals surface area contributed by atoms with Gasteiger partial charge in [0.05, 0.1) is 23.7 Å². The number of hydrogen-bond donors (Lipinski definition) is 1. The van der Waals surface area contributed by atoms with E-state index in [2.05, 4.69) is 11.1 Å². The van der Waals surface area contributed by atoms with Gasteiger partial charge in [0, 0.05) is 11.8 Å². The molecule has 2 heterocycles. The van der Waals surface area contributed by atoms with Gasteiger partial charge in [-0.1, -0.05) is 18.2 Å². The van der Waals surface area contributed by atoms with Crippen molar-refractivity contribution in [1.82, 2.24) is 4.98 Å². The van der Waals surface area contributed by atoms with Crippen molar-refractivity contribution in [2.45, 2.75) is 18.6 Å². The van der Waals surface area contributed by atoms with Crippen LogP contribution in [0.4, 0.5) is 10.2 Å². The van der Waals surface area contributed by atoms with Gasteiger partial charge in [-0.15, -0.1) is 0 Å². The second-order valence-electron chi connectivity index (χ2n) is 5.06. The van der Waals surface area contributed by atoms with Gasteiger partial charge in [0.1, 0.15) is 18.0 Å². The Morgan fingerprint density at radius 1 is 1.48 bits per heavy atom. The van der Waals surface area contributed by atoms with Crippen LogP contribution in [0.2, 0.25) is 0 Å². The maximum atomic E-state index is 13.6. The first-order chi connectivity index (χ1) is 10.1. The molecule has 1 saturated heterocycles. The van der Waals surface area contributed by atoms with Gasteiger partial charge in [0.2, 0.25) is 5.91 Å². The molecule has 1 fully saturated rings. The standard InChI is InChI=1S/C15H13FN4O/c16-10-6-13(15(18)21)20(8-10)14-5-9(7-17)11-3-1-2-4-12(11)19-14/h1-5,10,13H,6,8H2,(H2,18,21)/t10-,13+/m1/s1. The number of pyridine rings is 1. The number of aromatic nitrogens is 1. The molecule has 1 aliphatic rings. The van der Waals surface area contributed by atoms with Crippen molar-refractivity contribution < 1.29 is 9.18 Å². The summed E-state index contributed by atoms with van der Waals surface area (Å²) in [6.45, 7) is 0.0593. The van der Waals surface area contributed by atoms with Crippen molar-refractivity contribution in [2.24, 2.45) is 5.73 Å². The number of nitriles is 1. The smallest absolute Gasteiger partial charge is 0.240 e. The first-order valence-corrected chi connectivity index (χ1v) is 6.60. The van der Waals surface area contributed by atoms with E-state index in [1.54, 1.807) is 23.1 Å². The number of nitrogens with zero attached hydrogens (tertiary/aromatic N) is 3. The van der Waals surface area contributed by atoms with Gasteiger partial charge in [0.25, 0.3) is 0 Å². The van der Waals surface area contributed by atoms with Crippen LogP contribution < -0.4 is 10.6 Å². The molecule has 0 aliphatic carbocycles. The summed E-state index contributed by atoms with van der Waals surface area (Å²) in [5.41, 5.74) is 6.41. The fourth-order valence-electron chi connectivity index (χ4n) is 2.71. The summed E-state index contributed by atoms with van der Waals surface area (Å²) < 4.78 is 13.6. The minimum absolute atomic E-state index is 0.0593. The molecule has 0 radical (unpaired) electrons. The summed E-state index contributed by atoms with van der Waals surface area (Å²) in [6.07, 6.45) is -1.06. The van der Waals surface area contributed by atoms with Gasteiger partial charge in [-0.25, -0.2) is 9.37 Å². The highest BCUT2D eigenvalue weighted by Gasteiger charge is 2.36. The lowest BCUT2D eigenvalue weighted by Gasteiger charge is -2.23. The lowest BCUT2D eigenvalue weighted by Crippen LogP contribution is -2.40. The lowest BCUT2D eigenvalue weighted by atomic mass is 10.1. The molecule has 2 N–H and O–H groups in total. The highest BCUT2D eigenvalue weighted by atomic mass is 19.1. The maximum absolute atomic E-state index is 13.6. The minimum Gasteiger partial charge on any atom is -0.368 e. The molecule has 0 spiro atoms. The summed E-state index contributed by atoms with van der Waals surface area (Å²) in [5, 5.41) is 10.00. The SMILES string of the molecule is N#Cc1cc(N2C[C@H](F)C[C@H]2C(N)=O)nc2ccccc12. The van der Waals surface area contributed by atoms with Crippen LogP contribution in [0.3, 0.4) is 0 Å². The number of rotatable bonds is 2. The van der Waals surface area contributed by atoms with Gasteiger partial charge in [-0.3, -0.25) is 4.79 Å². The number of halogens is 1. The summed E-state index contributed by atoms with van der Waals surface area (Å²) in [6, 6.07) is 10.2. The van der Waals surface area contributed by atoms with Crippen LogP contribution >= 0.6 is 0 Å². The number of primary amides is 1. The quantitative estimate of drug-likeness (QED) is 0.906. The Morgan fingerprint density at radius 2 is 2.24 bits per heavy atom. The molecule has 0 saturated carbocycles.